The number of nitrogens with zero attached hydrogens (tertiary/aromatic N) is 2. The largest absolute Gasteiger partial charge is 0.449 e. The van der Waals surface area contributed by atoms with E-state index in [-0.39, 0.29) is 22.8 Å². The lowest BCUT2D eigenvalue weighted by Gasteiger charge is -2.13. The van der Waals surface area contributed by atoms with E-state index in [1.54, 1.807) is 36.4 Å². The molecule has 0 N–H and O–H groups in total. The average Bonchev–Trinajstić information content (AvgIpc) is 3.08. The zero-order valence-electron chi connectivity index (χ0n) is 18.0. The Kier molecular flexibility index (Phi) is 7.04. The van der Waals surface area contributed by atoms with Gasteiger partial charge < -0.3 is 4.74 Å². The van der Waals surface area contributed by atoms with Crippen LogP contribution in [0.1, 0.15) is 16.7 Å². The minimum absolute atomic E-state index is 0.0302. The molecule has 0 spiro atoms. The van der Waals surface area contributed by atoms with Crippen molar-refractivity contribution >= 4 is 46.3 Å². The first kappa shape index (κ1) is 25.3. The molecule has 36 heavy (non-hydrogen) atoms. The first-order valence-corrected chi connectivity index (χ1v) is 11.4. The van der Waals surface area contributed by atoms with Crippen LogP contribution in [0, 0.1) is 10.1 Å². The number of amides is 2. The molecule has 0 atom stereocenters. The van der Waals surface area contributed by atoms with Gasteiger partial charge in [-0.2, -0.15) is 13.2 Å². The summed E-state index contributed by atoms with van der Waals surface area (Å²) in [5, 5.41) is 11.3. The number of thioether (sulfide) groups is 1. The molecule has 1 saturated heterocycles. The Bertz CT molecular complexity index is 1410. The van der Waals surface area contributed by atoms with Crippen LogP contribution in [0.25, 0.3) is 6.08 Å². The van der Waals surface area contributed by atoms with E-state index in [4.69, 9.17) is 16.3 Å². The van der Waals surface area contributed by atoms with Crippen LogP contribution in [0.2, 0.25) is 5.02 Å². The summed E-state index contributed by atoms with van der Waals surface area (Å²) in [5.41, 5.74) is -1.20. The van der Waals surface area contributed by atoms with Crippen molar-refractivity contribution in [1.82, 2.24) is 4.90 Å². The number of halogens is 4. The second-order valence-corrected chi connectivity index (χ2v) is 8.84. The molecule has 2 amide bonds. The summed E-state index contributed by atoms with van der Waals surface area (Å²) in [6.07, 6.45) is -3.39. The van der Waals surface area contributed by atoms with E-state index in [0.29, 0.717) is 34.5 Å². The van der Waals surface area contributed by atoms with E-state index < -0.39 is 39.2 Å². The van der Waals surface area contributed by atoms with Crippen LogP contribution in [-0.2, 0) is 17.5 Å². The average molecular weight is 535 g/mol. The standard InChI is InChI=1S/C24H14ClF3N2O5S/c25-17-7-3-1-6-15(17)13-29-22(31)21(36-23(29)32)11-14-5-2-4-8-19(14)35-20-10-9-16(24(26,27)28)12-18(20)30(33)34/h1-12H,13H2/b21-11-. The monoisotopic (exact) mass is 534 g/mol. The summed E-state index contributed by atoms with van der Waals surface area (Å²) in [6, 6.07) is 14.8. The molecule has 4 rings (SSSR count). The van der Waals surface area contributed by atoms with Gasteiger partial charge in [0.25, 0.3) is 11.1 Å². The number of ether oxygens (including phenoxy) is 1. The molecular weight excluding hydrogens is 521 g/mol. The van der Waals surface area contributed by atoms with Crippen LogP contribution in [0.5, 0.6) is 11.5 Å². The second-order valence-electron chi connectivity index (χ2n) is 7.44. The number of nitro groups is 1. The van der Waals surface area contributed by atoms with Gasteiger partial charge in [0, 0.05) is 16.7 Å². The molecular formula is C24H14ClF3N2O5S. The Labute approximate surface area is 211 Å². The van der Waals surface area contributed by atoms with E-state index in [1.165, 1.54) is 18.2 Å². The Morgan fingerprint density at radius 1 is 1.03 bits per heavy atom. The molecule has 7 nitrogen and oxygen atoms in total. The molecule has 0 aromatic heterocycles. The lowest BCUT2D eigenvalue weighted by atomic mass is 10.1. The molecule has 1 heterocycles. The Morgan fingerprint density at radius 3 is 2.42 bits per heavy atom. The first-order chi connectivity index (χ1) is 17.0. The van der Waals surface area contributed by atoms with Crippen LogP contribution in [0.3, 0.4) is 0 Å². The molecule has 0 bridgehead atoms. The number of benzene rings is 3. The lowest BCUT2D eigenvalue weighted by Crippen LogP contribution is -2.27. The summed E-state index contributed by atoms with van der Waals surface area (Å²) in [4.78, 5) is 36.9. The summed E-state index contributed by atoms with van der Waals surface area (Å²) < 4.78 is 44.6. The van der Waals surface area contributed by atoms with E-state index in [1.807, 2.05) is 0 Å². The van der Waals surface area contributed by atoms with E-state index in [9.17, 15) is 32.9 Å². The molecule has 1 aliphatic heterocycles. The normalized spacial score (nSPS) is 15.0. The second kappa shape index (κ2) is 10.0. The molecule has 0 aliphatic carbocycles. The number of imide groups is 1. The fourth-order valence-electron chi connectivity index (χ4n) is 3.31. The summed E-state index contributed by atoms with van der Waals surface area (Å²) in [7, 11) is 0. The van der Waals surface area contributed by atoms with Crippen LogP contribution < -0.4 is 4.74 Å². The fraction of sp³-hybridized carbons (Fsp3) is 0.0833. The number of hydrogen-bond acceptors (Lipinski definition) is 6. The summed E-state index contributed by atoms with van der Waals surface area (Å²) in [5.74, 6) is -0.945. The summed E-state index contributed by atoms with van der Waals surface area (Å²) >= 11 is 6.83. The van der Waals surface area contributed by atoms with Gasteiger partial charge in [-0.25, -0.2) is 0 Å². The van der Waals surface area contributed by atoms with Gasteiger partial charge in [0.2, 0.25) is 5.75 Å². The van der Waals surface area contributed by atoms with E-state index >= 15 is 0 Å². The van der Waals surface area contributed by atoms with Crippen molar-refractivity contribution < 1.29 is 32.4 Å². The molecule has 12 heteroatoms. The zero-order chi connectivity index (χ0) is 26.0. The van der Waals surface area contributed by atoms with Crippen LogP contribution in [-0.4, -0.2) is 21.0 Å². The number of carbonyl (C=O) groups excluding carboxylic acids is 2. The van der Waals surface area contributed by atoms with Gasteiger partial charge >= 0.3 is 11.9 Å². The quantitative estimate of drug-likeness (QED) is 0.187. The van der Waals surface area contributed by atoms with Gasteiger partial charge in [-0.3, -0.25) is 24.6 Å². The Morgan fingerprint density at radius 2 is 1.72 bits per heavy atom. The minimum atomic E-state index is -4.77. The van der Waals surface area contributed by atoms with Crippen molar-refractivity contribution in [3.05, 3.63) is 103 Å². The number of hydrogen-bond donors (Lipinski definition) is 0. The van der Waals surface area contributed by atoms with Crippen LogP contribution >= 0.6 is 23.4 Å². The smallest absolute Gasteiger partial charge is 0.416 e. The van der Waals surface area contributed by atoms with Gasteiger partial charge in [0.05, 0.1) is 21.9 Å². The number of rotatable bonds is 6. The van der Waals surface area contributed by atoms with Gasteiger partial charge in [-0.05, 0) is 47.7 Å². The van der Waals surface area contributed by atoms with Crippen molar-refractivity contribution in [3.8, 4) is 11.5 Å². The van der Waals surface area contributed by atoms with Gasteiger partial charge in [0.15, 0.2) is 0 Å². The maximum atomic E-state index is 13.0. The van der Waals surface area contributed by atoms with Crippen LogP contribution in [0.4, 0.5) is 23.7 Å². The zero-order valence-corrected chi connectivity index (χ0v) is 19.6. The molecule has 184 valence electrons. The maximum absolute atomic E-state index is 13.0. The number of para-hydroxylation sites is 1. The molecule has 1 aliphatic rings. The highest BCUT2D eigenvalue weighted by molar-refractivity contribution is 8.18. The highest BCUT2D eigenvalue weighted by Gasteiger charge is 2.36. The van der Waals surface area contributed by atoms with E-state index in [2.05, 4.69) is 0 Å². The number of nitro benzene ring substituents is 1. The third kappa shape index (κ3) is 5.37. The topological polar surface area (TPSA) is 89.7 Å². The SMILES string of the molecule is O=C1S/C(=C\c2ccccc2Oc2ccc(C(F)(F)F)cc2[N+](=O)[O-])C(=O)N1Cc1ccccc1Cl. The minimum Gasteiger partial charge on any atom is -0.449 e. The summed E-state index contributed by atoms with van der Waals surface area (Å²) in [6.45, 7) is -0.0302. The van der Waals surface area contributed by atoms with Crippen molar-refractivity contribution in [2.75, 3.05) is 0 Å². The fourth-order valence-corrected chi connectivity index (χ4v) is 4.33. The predicted octanol–water partition coefficient (Wildman–Crippen LogP) is 7.30. The first-order valence-electron chi connectivity index (χ1n) is 10.2. The molecule has 3 aromatic rings. The van der Waals surface area contributed by atoms with Crippen molar-refractivity contribution in [2.45, 2.75) is 12.7 Å². The van der Waals surface area contributed by atoms with E-state index in [0.717, 1.165) is 11.0 Å². The predicted molar refractivity (Wildman–Crippen MR) is 128 cm³/mol. The maximum Gasteiger partial charge on any atom is 0.416 e. The van der Waals surface area contributed by atoms with Crippen molar-refractivity contribution in [2.24, 2.45) is 0 Å². The molecule has 3 aromatic carbocycles. The Hall–Kier alpha value is -3.83. The van der Waals surface area contributed by atoms with Crippen molar-refractivity contribution in [3.63, 3.8) is 0 Å². The van der Waals surface area contributed by atoms with Crippen LogP contribution in [0.15, 0.2) is 71.6 Å². The van der Waals surface area contributed by atoms with Crippen molar-refractivity contribution in [1.29, 1.82) is 0 Å². The number of carbonyl (C=O) groups is 2. The highest BCUT2D eigenvalue weighted by Crippen LogP contribution is 2.40. The lowest BCUT2D eigenvalue weighted by molar-refractivity contribution is -0.385. The molecule has 0 saturated carbocycles. The molecule has 1 fully saturated rings. The molecule has 0 unspecified atom stereocenters. The van der Waals surface area contributed by atoms with Gasteiger partial charge in [-0.1, -0.05) is 48.0 Å². The Balaban J connectivity index is 1.63. The van der Waals surface area contributed by atoms with Gasteiger partial charge in [-0.15, -0.1) is 0 Å². The highest BCUT2D eigenvalue weighted by atomic mass is 35.5. The third-order valence-electron chi connectivity index (χ3n) is 5.07. The third-order valence-corrected chi connectivity index (χ3v) is 6.34. The molecule has 0 radical (unpaired) electrons. The van der Waals surface area contributed by atoms with Gasteiger partial charge in [0.1, 0.15) is 5.75 Å². The number of alkyl halides is 3.